The Bertz CT molecular complexity index is 320. The second-order valence-corrected chi connectivity index (χ2v) is 13.0. The van der Waals surface area contributed by atoms with E-state index >= 15 is 0 Å². The van der Waals surface area contributed by atoms with Crippen molar-refractivity contribution in [2.45, 2.75) is 103 Å². The molecule has 0 spiro atoms. The van der Waals surface area contributed by atoms with Gasteiger partial charge in [0.05, 0.1) is 12.7 Å². The van der Waals surface area contributed by atoms with Gasteiger partial charge in [-0.05, 0) is 38.4 Å². The predicted octanol–water partition coefficient (Wildman–Crippen LogP) is 5.11. The van der Waals surface area contributed by atoms with Crippen molar-refractivity contribution in [2.75, 3.05) is 6.61 Å². The number of hydrogen-bond donors (Lipinski definition) is 0. The molecule has 1 aliphatic rings. The normalized spacial score (nSPS) is 24.3. The quantitative estimate of drug-likeness (QED) is 0.482. The molecule has 0 bridgehead atoms. The molecular weight excluding hydrogens is 280 g/mol. The van der Waals surface area contributed by atoms with Gasteiger partial charge in [-0.25, -0.2) is 0 Å². The molecule has 1 aliphatic heterocycles. The molecule has 0 aromatic heterocycles. The van der Waals surface area contributed by atoms with Crippen LogP contribution in [0.5, 0.6) is 0 Å². The van der Waals surface area contributed by atoms with E-state index in [1.54, 1.807) is 0 Å². The lowest BCUT2D eigenvalue weighted by Gasteiger charge is -2.40. The second-order valence-electron chi connectivity index (χ2n) is 8.28. The summed E-state index contributed by atoms with van der Waals surface area (Å²) in [5.74, 6) is -0.468. The van der Waals surface area contributed by atoms with Crippen LogP contribution in [-0.2, 0) is 13.9 Å². The lowest BCUT2D eigenvalue weighted by Crippen LogP contribution is -2.47. The van der Waals surface area contributed by atoms with Crippen LogP contribution in [0.25, 0.3) is 0 Å². The summed E-state index contributed by atoms with van der Waals surface area (Å²) in [6.07, 6.45) is 5.01. The molecule has 2 atom stereocenters. The molecule has 0 unspecified atom stereocenters. The fourth-order valence-corrected chi connectivity index (χ4v) is 3.75. The molecule has 0 aromatic carbocycles. The average molecular weight is 317 g/mol. The third-order valence-electron chi connectivity index (χ3n) is 4.79. The van der Waals surface area contributed by atoms with Gasteiger partial charge in [-0.3, -0.25) is 0 Å². The van der Waals surface area contributed by atoms with Crippen molar-refractivity contribution in [1.82, 2.24) is 0 Å². The molecule has 1 saturated heterocycles. The Hall–Kier alpha value is 0.0969. The van der Waals surface area contributed by atoms with Crippen molar-refractivity contribution >= 4 is 8.32 Å². The topological polar surface area (TPSA) is 27.7 Å². The van der Waals surface area contributed by atoms with Crippen LogP contribution in [0.15, 0.2) is 0 Å². The van der Waals surface area contributed by atoms with Crippen molar-refractivity contribution in [3.8, 4) is 0 Å². The third-order valence-corrected chi connectivity index (χ3v) is 9.29. The molecular formula is C17H36O3Si. The summed E-state index contributed by atoms with van der Waals surface area (Å²) in [6, 6.07) is 0. The summed E-state index contributed by atoms with van der Waals surface area (Å²) in [5, 5.41) is 0.227. The Kier molecular flexibility index (Phi) is 6.49. The molecule has 1 heterocycles. The zero-order valence-electron chi connectivity index (χ0n) is 15.4. The molecule has 1 fully saturated rings. The monoisotopic (exact) mass is 316 g/mol. The van der Waals surface area contributed by atoms with Gasteiger partial charge in [0.25, 0.3) is 0 Å². The van der Waals surface area contributed by atoms with Crippen LogP contribution in [0.1, 0.15) is 67.2 Å². The number of unbranched alkanes of at least 4 members (excludes halogenated alkanes) is 2. The van der Waals surface area contributed by atoms with Crippen molar-refractivity contribution < 1.29 is 13.9 Å². The average Bonchev–Trinajstić information content (AvgIpc) is 2.67. The number of hydrogen-bond acceptors (Lipinski definition) is 3. The molecule has 1 rings (SSSR count). The van der Waals surface area contributed by atoms with E-state index in [2.05, 4.69) is 40.8 Å². The molecule has 0 aromatic rings. The molecule has 0 aliphatic carbocycles. The summed E-state index contributed by atoms with van der Waals surface area (Å²) in [4.78, 5) is 0. The van der Waals surface area contributed by atoms with Crippen LogP contribution in [0.4, 0.5) is 0 Å². The van der Waals surface area contributed by atoms with Gasteiger partial charge in [0, 0.05) is 0 Å². The van der Waals surface area contributed by atoms with Crippen LogP contribution in [-0.4, -0.2) is 32.9 Å². The zero-order chi connectivity index (χ0) is 16.3. The van der Waals surface area contributed by atoms with E-state index < -0.39 is 14.1 Å². The Balaban J connectivity index is 2.73. The Labute approximate surface area is 132 Å². The van der Waals surface area contributed by atoms with Gasteiger partial charge < -0.3 is 13.9 Å². The van der Waals surface area contributed by atoms with Gasteiger partial charge in [0.2, 0.25) is 0 Å². The first kappa shape index (κ1) is 19.1. The Morgan fingerprint density at radius 2 is 1.86 bits per heavy atom. The number of ether oxygens (including phenoxy) is 2. The van der Waals surface area contributed by atoms with E-state index in [-0.39, 0.29) is 17.2 Å². The van der Waals surface area contributed by atoms with Crippen LogP contribution in [0, 0.1) is 0 Å². The minimum atomic E-state index is -1.78. The highest BCUT2D eigenvalue weighted by molar-refractivity contribution is 6.74. The summed E-state index contributed by atoms with van der Waals surface area (Å²) in [6.45, 7) is 18.4. The summed E-state index contributed by atoms with van der Waals surface area (Å²) in [5.41, 5.74) is 0. The molecule has 0 saturated carbocycles. The summed E-state index contributed by atoms with van der Waals surface area (Å²) < 4.78 is 18.5. The molecule has 126 valence electrons. The first-order valence-corrected chi connectivity index (χ1v) is 11.4. The molecule has 0 radical (unpaired) electrons. The predicted molar refractivity (Wildman–Crippen MR) is 91.1 cm³/mol. The maximum absolute atomic E-state index is 6.66. The summed E-state index contributed by atoms with van der Waals surface area (Å²) >= 11 is 0. The number of rotatable bonds is 7. The van der Waals surface area contributed by atoms with E-state index in [9.17, 15) is 0 Å². The van der Waals surface area contributed by atoms with Crippen LogP contribution >= 0.6 is 0 Å². The van der Waals surface area contributed by atoms with Crippen molar-refractivity contribution in [2.24, 2.45) is 0 Å². The molecule has 4 heteroatoms. The van der Waals surface area contributed by atoms with Crippen LogP contribution in [0.2, 0.25) is 18.1 Å². The standard InChI is InChI=1S/C17H36O3Si/c1-9-10-11-12-14(15-13-18-17(5,6)19-15)20-21(7,8)16(2,3)4/h14-15H,9-13H2,1-8H3/t14-,15+/m0/s1. The molecule has 3 nitrogen and oxygen atoms in total. The van der Waals surface area contributed by atoms with Crippen molar-refractivity contribution in [3.05, 3.63) is 0 Å². The second kappa shape index (κ2) is 7.11. The van der Waals surface area contributed by atoms with E-state index in [1.807, 2.05) is 13.8 Å². The van der Waals surface area contributed by atoms with Crippen LogP contribution < -0.4 is 0 Å². The highest BCUT2D eigenvalue weighted by Crippen LogP contribution is 2.39. The van der Waals surface area contributed by atoms with Gasteiger partial charge >= 0.3 is 0 Å². The molecule has 0 N–H and O–H groups in total. The molecule has 21 heavy (non-hydrogen) atoms. The SMILES string of the molecule is CCCCC[C@H](O[Si](C)(C)C(C)(C)C)[C@H]1COC(C)(C)O1. The smallest absolute Gasteiger partial charge is 0.192 e. The van der Waals surface area contributed by atoms with Gasteiger partial charge in [-0.1, -0.05) is 47.0 Å². The van der Waals surface area contributed by atoms with Crippen LogP contribution in [0.3, 0.4) is 0 Å². The van der Waals surface area contributed by atoms with Gasteiger partial charge in [-0.2, -0.15) is 0 Å². The fraction of sp³-hybridized carbons (Fsp3) is 1.00. The maximum atomic E-state index is 6.66. The van der Waals surface area contributed by atoms with E-state index in [1.165, 1.54) is 19.3 Å². The van der Waals surface area contributed by atoms with Crippen molar-refractivity contribution in [3.63, 3.8) is 0 Å². The van der Waals surface area contributed by atoms with Crippen molar-refractivity contribution in [1.29, 1.82) is 0 Å². The summed E-state index contributed by atoms with van der Waals surface area (Å²) in [7, 11) is -1.78. The zero-order valence-corrected chi connectivity index (χ0v) is 16.4. The van der Waals surface area contributed by atoms with E-state index in [0.29, 0.717) is 6.61 Å². The maximum Gasteiger partial charge on any atom is 0.192 e. The minimum Gasteiger partial charge on any atom is -0.411 e. The fourth-order valence-electron chi connectivity index (χ4n) is 2.37. The highest BCUT2D eigenvalue weighted by Gasteiger charge is 2.44. The van der Waals surface area contributed by atoms with Gasteiger partial charge in [0.15, 0.2) is 14.1 Å². The Morgan fingerprint density at radius 1 is 1.24 bits per heavy atom. The first-order valence-electron chi connectivity index (χ1n) is 8.48. The minimum absolute atomic E-state index is 0.0750. The first-order chi connectivity index (χ1) is 9.48. The van der Waals surface area contributed by atoms with Gasteiger partial charge in [0.1, 0.15) is 6.10 Å². The van der Waals surface area contributed by atoms with E-state index in [0.717, 1.165) is 6.42 Å². The van der Waals surface area contributed by atoms with E-state index in [4.69, 9.17) is 13.9 Å². The largest absolute Gasteiger partial charge is 0.411 e. The third kappa shape index (κ3) is 5.66. The lowest BCUT2D eigenvalue weighted by atomic mass is 10.1. The molecule has 0 amide bonds. The Morgan fingerprint density at radius 3 is 2.29 bits per heavy atom. The lowest BCUT2D eigenvalue weighted by molar-refractivity contribution is -0.150. The highest BCUT2D eigenvalue weighted by atomic mass is 28.4. The van der Waals surface area contributed by atoms with Gasteiger partial charge in [-0.15, -0.1) is 0 Å².